The SMILES string of the molecule is CCCCC/C=C\C/C=C\CCCCCCCCCC(=O)OC(COC(=O)CCCCCCCCCCCCCCCC)COC(=O)CCCCCCCCCCCCCCCCC/C=C\CCCCCCCCCC. The molecule has 0 aliphatic rings. The topological polar surface area (TPSA) is 78.9 Å². The van der Waals surface area contributed by atoms with E-state index < -0.39 is 6.10 Å². The Labute approximate surface area is 474 Å². The Kier molecular flexibility index (Phi) is 63.1. The fourth-order valence-electron chi connectivity index (χ4n) is 10.2. The quantitative estimate of drug-likeness (QED) is 0.0261. The van der Waals surface area contributed by atoms with E-state index >= 15 is 0 Å². The zero-order valence-corrected chi connectivity index (χ0v) is 51.3. The first-order valence-electron chi connectivity index (χ1n) is 34.0. The van der Waals surface area contributed by atoms with E-state index in [2.05, 4.69) is 57.2 Å². The van der Waals surface area contributed by atoms with Crippen LogP contribution in [0.1, 0.15) is 374 Å². The molecule has 0 aromatic carbocycles. The van der Waals surface area contributed by atoms with Crippen molar-refractivity contribution in [2.45, 2.75) is 380 Å². The van der Waals surface area contributed by atoms with E-state index in [1.807, 2.05) is 0 Å². The fourth-order valence-corrected chi connectivity index (χ4v) is 10.2. The van der Waals surface area contributed by atoms with Gasteiger partial charge in [0.25, 0.3) is 0 Å². The third-order valence-corrected chi connectivity index (χ3v) is 15.4. The molecular formula is C70H130O6. The summed E-state index contributed by atoms with van der Waals surface area (Å²) in [5.74, 6) is -0.852. The lowest BCUT2D eigenvalue weighted by Gasteiger charge is -2.18. The molecule has 0 N–H and O–H groups in total. The van der Waals surface area contributed by atoms with Gasteiger partial charge in [-0.25, -0.2) is 0 Å². The molecule has 76 heavy (non-hydrogen) atoms. The molecule has 0 saturated carbocycles. The largest absolute Gasteiger partial charge is 0.462 e. The molecule has 1 atom stereocenters. The standard InChI is InChI=1S/C70H130O6/c1-4-7-10-13-16-19-22-25-28-30-31-32-33-34-35-36-37-38-39-41-42-45-48-51-54-57-60-63-69(72)75-66-67(65-74-68(71)62-59-56-53-50-47-44-27-24-21-18-15-12-9-6-3)76-70(73)64-61-58-55-52-49-46-43-40-29-26-23-20-17-14-11-8-5-2/h17,20,26,29-31,67H,4-16,18-19,21-25,27-28,32-66H2,1-3H3/b20-17-,29-26-,31-30-. The zero-order chi connectivity index (χ0) is 55.0. The molecule has 0 aliphatic carbocycles. The Hall–Kier alpha value is -2.37. The summed E-state index contributed by atoms with van der Waals surface area (Å²) in [7, 11) is 0. The molecule has 0 amide bonds. The van der Waals surface area contributed by atoms with Crippen LogP contribution in [0.4, 0.5) is 0 Å². The van der Waals surface area contributed by atoms with Gasteiger partial charge in [-0.3, -0.25) is 14.4 Å². The molecule has 0 saturated heterocycles. The molecule has 446 valence electrons. The summed E-state index contributed by atoms with van der Waals surface area (Å²) < 4.78 is 17.0. The van der Waals surface area contributed by atoms with Gasteiger partial charge in [0.1, 0.15) is 13.2 Å². The van der Waals surface area contributed by atoms with Gasteiger partial charge >= 0.3 is 17.9 Å². The lowest BCUT2D eigenvalue weighted by atomic mass is 10.0. The number of carbonyl (C=O) groups is 3. The second kappa shape index (κ2) is 65.2. The summed E-state index contributed by atoms with van der Waals surface area (Å²) in [6.45, 7) is 6.67. The van der Waals surface area contributed by atoms with Crippen LogP contribution in [0.2, 0.25) is 0 Å². The molecule has 0 radical (unpaired) electrons. The van der Waals surface area contributed by atoms with Gasteiger partial charge in [0.05, 0.1) is 0 Å². The van der Waals surface area contributed by atoms with Gasteiger partial charge in [0, 0.05) is 19.3 Å². The first-order valence-corrected chi connectivity index (χ1v) is 34.0. The van der Waals surface area contributed by atoms with Crippen molar-refractivity contribution in [2.75, 3.05) is 13.2 Å². The summed E-state index contributed by atoms with van der Waals surface area (Å²) in [4.78, 5) is 38.3. The van der Waals surface area contributed by atoms with Crippen molar-refractivity contribution in [3.8, 4) is 0 Å². The second-order valence-corrected chi connectivity index (χ2v) is 23.1. The minimum absolute atomic E-state index is 0.0703. The number of ether oxygens (including phenoxy) is 3. The first-order chi connectivity index (χ1) is 37.5. The fraction of sp³-hybridized carbons (Fsp3) is 0.871. The highest BCUT2D eigenvalue weighted by molar-refractivity contribution is 5.71. The first kappa shape index (κ1) is 73.6. The Morgan fingerprint density at radius 1 is 0.263 bits per heavy atom. The molecule has 1 unspecified atom stereocenters. The number of carbonyl (C=O) groups excluding carboxylic acids is 3. The van der Waals surface area contributed by atoms with Gasteiger partial charge in [-0.15, -0.1) is 0 Å². The number of esters is 3. The molecule has 0 fully saturated rings. The molecule has 6 heteroatoms. The van der Waals surface area contributed by atoms with Crippen LogP contribution in [0, 0.1) is 0 Å². The van der Waals surface area contributed by atoms with E-state index in [1.54, 1.807) is 0 Å². The van der Waals surface area contributed by atoms with Gasteiger partial charge in [0.2, 0.25) is 0 Å². The van der Waals surface area contributed by atoms with E-state index in [0.717, 1.165) is 70.6 Å². The van der Waals surface area contributed by atoms with Crippen LogP contribution >= 0.6 is 0 Å². The van der Waals surface area contributed by atoms with Crippen LogP contribution in [0.25, 0.3) is 0 Å². The van der Waals surface area contributed by atoms with Gasteiger partial charge < -0.3 is 14.2 Å². The number of hydrogen-bond acceptors (Lipinski definition) is 6. The van der Waals surface area contributed by atoms with Gasteiger partial charge in [-0.2, -0.15) is 0 Å². The van der Waals surface area contributed by atoms with Crippen LogP contribution in [0.5, 0.6) is 0 Å². The smallest absolute Gasteiger partial charge is 0.306 e. The van der Waals surface area contributed by atoms with E-state index in [-0.39, 0.29) is 31.1 Å². The Morgan fingerprint density at radius 3 is 0.763 bits per heavy atom. The highest BCUT2D eigenvalue weighted by Crippen LogP contribution is 2.18. The van der Waals surface area contributed by atoms with Crippen molar-refractivity contribution < 1.29 is 28.6 Å². The lowest BCUT2D eigenvalue weighted by molar-refractivity contribution is -0.167. The number of rotatable bonds is 63. The van der Waals surface area contributed by atoms with Crippen molar-refractivity contribution in [3.05, 3.63) is 36.5 Å². The number of allylic oxidation sites excluding steroid dienone is 6. The van der Waals surface area contributed by atoms with Crippen molar-refractivity contribution >= 4 is 17.9 Å². The minimum Gasteiger partial charge on any atom is -0.462 e. The van der Waals surface area contributed by atoms with E-state index in [4.69, 9.17) is 14.2 Å². The summed E-state index contributed by atoms with van der Waals surface area (Å²) in [6, 6.07) is 0. The van der Waals surface area contributed by atoms with E-state index in [0.29, 0.717) is 19.3 Å². The molecule has 0 aromatic heterocycles. The summed E-state index contributed by atoms with van der Waals surface area (Å²) in [5, 5.41) is 0. The summed E-state index contributed by atoms with van der Waals surface area (Å²) >= 11 is 0. The molecule has 0 spiro atoms. The average Bonchev–Trinajstić information content (AvgIpc) is 3.42. The van der Waals surface area contributed by atoms with Crippen molar-refractivity contribution in [3.63, 3.8) is 0 Å². The average molecular weight is 1070 g/mol. The minimum atomic E-state index is -0.774. The maximum Gasteiger partial charge on any atom is 0.306 e. The third kappa shape index (κ3) is 62.5. The van der Waals surface area contributed by atoms with Crippen LogP contribution in [0.15, 0.2) is 36.5 Å². The summed E-state index contributed by atoms with van der Waals surface area (Å²) in [5.41, 5.74) is 0. The summed E-state index contributed by atoms with van der Waals surface area (Å²) in [6.07, 6.45) is 80.2. The normalized spacial score (nSPS) is 12.2. The highest BCUT2D eigenvalue weighted by atomic mass is 16.6. The molecule has 0 bridgehead atoms. The third-order valence-electron chi connectivity index (χ3n) is 15.4. The monoisotopic (exact) mass is 1070 g/mol. The van der Waals surface area contributed by atoms with Gasteiger partial charge in [0.15, 0.2) is 6.10 Å². The molecule has 0 aromatic rings. The van der Waals surface area contributed by atoms with Crippen molar-refractivity contribution in [2.24, 2.45) is 0 Å². The predicted octanol–water partition coefficient (Wildman–Crippen LogP) is 23.2. The zero-order valence-electron chi connectivity index (χ0n) is 51.3. The molecule has 6 nitrogen and oxygen atoms in total. The molecule has 0 rings (SSSR count). The van der Waals surface area contributed by atoms with Crippen LogP contribution in [0.3, 0.4) is 0 Å². The maximum absolute atomic E-state index is 12.9. The Bertz CT molecular complexity index is 1270. The number of unbranched alkanes of at least 4 members (excludes halogenated alkanes) is 46. The van der Waals surface area contributed by atoms with Gasteiger partial charge in [-0.1, -0.05) is 314 Å². The lowest BCUT2D eigenvalue weighted by Crippen LogP contribution is -2.30. The molecular weight excluding hydrogens is 937 g/mol. The van der Waals surface area contributed by atoms with E-state index in [9.17, 15) is 14.4 Å². The Balaban J connectivity index is 4.22. The predicted molar refractivity (Wildman–Crippen MR) is 330 cm³/mol. The van der Waals surface area contributed by atoms with Crippen LogP contribution in [-0.2, 0) is 28.6 Å². The van der Waals surface area contributed by atoms with Crippen molar-refractivity contribution in [1.82, 2.24) is 0 Å². The molecule has 0 heterocycles. The number of hydrogen-bond donors (Lipinski definition) is 0. The van der Waals surface area contributed by atoms with Crippen LogP contribution < -0.4 is 0 Å². The van der Waals surface area contributed by atoms with Crippen LogP contribution in [-0.4, -0.2) is 37.2 Å². The van der Waals surface area contributed by atoms with Gasteiger partial charge in [-0.05, 0) is 77.0 Å². The Morgan fingerprint density at radius 2 is 0.474 bits per heavy atom. The highest BCUT2D eigenvalue weighted by Gasteiger charge is 2.19. The molecule has 0 aliphatic heterocycles. The van der Waals surface area contributed by atoms with Crippen molar-refractivity contribution in [1.29, 1.82) is 0 Å². The second-order valence-electron chi connectivity index (χ2n) is 23.1. The van der Waals surface area contributed by atoms with E-state index in [1.165, 1.54) is 263 Å². The maximum atomic E-state index is 12.9.